The molecule has 0 spiro atoms. The summed E-state index contributed by atoms with van der Waals surface area (Å²) in [5.41, 5.74) is 4.06. The molecule has 1 N–H and O–H groups in total. The molecular formula is C18H26N2S. The molecule has 0 amide bonds. The number of hydrogen-bond acceptors (Lipinski definition) is 3. The summed E-state index contributed by atoms with van der Waals surface area (Å²) < 4.78 is 0. The van der Waals surface area contributed by atoms with E-state index in [0.29, 0.717) is 5.92 Å². The van der Waals surface area contributed by atoms with Crippen molar-refractivity contribution in [2.45, 2.75) is 45.4 Å². The highest BCUT2D eigenvalue weighted by Gasteiger charge is 2.19. The number of benzene rings is 1. The van der Waals surface area contributed by atoms with E-state index in [0.717, 1.165) is 13.0 Å². The summed E-state index contributed by atoms with van der Waals surface area (Å²) in [6.45, 7) is 9.79. The van der Waals surface area contributed by atoms with Crippen molar-refractivity contribution in [2.75, 3.05) is 13.6 Å². The van der Waals surface area contributed by atoms with E-state index in [1.165, 1.54) is 21.8 Å². The van der Waals surface area contributed by atoms with Crippen molar-refractivity contribution in [3.8, 4) is 0 Å². The molecule has 0 bridgehead atoms. The minimum Gasteiger partial charge on any atom is -0.319 e. The fourth-order valence-electron chi connectivity index (χ4n) is 2.44. The van der Waals surface area contributed by atoms with Crippen LogP contribution in [0.4, 0.5) is 0 Å². The molecule has 1 atom stereocenters. The average molecular weight is 302 g/mol. The van der Waals surface area contributed by atoms with Crippen LogP contribution in [-0.2, 0) is 11.8 Å². The molecule has 1 heterocycles. The molecule has 3 heteroatoms. The van der Waals surface area contributed by atoms with Gasteiger partial charge in [0.2, 0.25) is 0 Å². The van der Waals surface area contributed by atoms with Crippen LogP contribution >= 0.6 is 11.3 Å². The molecule has 21 heavy (non-hydrogen) atoms. The minimum absolute atomic E-state index is 0.136. The molecule has 2 nitrogen and oxygen atoms in total. The molecule has 114 valence electrons. The van der Waals surface area contributed by atoms with Crippen LogP contribution in [0.2, 0.25) is 0 Å². The molecule has 1 aromatic heterocycles. The van der Waals surface area contributed by atoms with Gasteiger partial charge in [-0.1, -0.05) is 50.6 Å². The molecule has 0 radical (unpaired) electrons. The second-order valence-corrected chi connectivity index (χ2v) is 7.69. The van der Waals surface area contributed by atoms with Crippen molar-refractivity contribution in [3.05, 3.63) is 51.5 Å². The van der Waals surface area contributed by atoms with Crippen molar-refractivity contribution in [2.24, 2.45) is 0 Å². The lowest BCUT2D eigenvalue weighted by Gasteiger charge is -2.17. The monoisotopic (exact) mass is 302 g/mol. The number of nitrogens with one attached hydrogen (secondary N) is 1. The second kappa shape index (κ2) is 6.71. The Morgan fingerprint density at radius 3 is 2.62 bits per heavy atom. The van der Waals surface area contributed by atoms with Gasteiger partial charge in [-0.15, -0.1) is 11.3 Å². The van der Waals surface area contributed by atoms with E-state index >= 15 is 0 Å². The Bertz CT molecular complexity index is 581. The summed E-state index contributed by atoms with van der Waals surface area (Å²) in [6.07, 6.45) is 1.00. The Morgan fingerprint density at radius 1 is 1.29 bits per heavy atom. The third-order valence-corrected chi connectivity index (χ3v) is 4.58. The highest BCUT2D eigenvalue weighted by atomic mass is 32.1. The van der Waals surface area contributed by atoms with Crippen LogP contribution < -0.4 is 5.32 Å². The Morgan fingerprint density at radius 2 is 2.05 bits per heavy atom. The number of aryl methyl sites for hydroxylation is 1. The Labute approximate surface area is 132 Å². The third kappa shape index (κ3) is 4.39. The first-order valence-electron chi connectivity index (χ1n) is 7.56. The van der Waals surface area contributed by atoms with Gasteiger partial charge in [0.15, 0.2) is 0 Å². The highest BCUT2D eigenvalue weighted by molar-refractivity contribution is 7.09. The average Bonchev–Trinajstić information content (AvgIpc) is 2.87. The van der Waals surface area contributed by atoms with E-state index in [-0.39, 0.29) is 5.41 Å². The van der Waals surface area contributed by atoms with Gasteiger partial charge in [0, 0.05) is 29.7 Å². The molecular weight excluding hydrogens is 276 g/mol. The second-order valence-electron chi connectivity index (χ2n) is 6.75. The number of aromatic nitrogens is 1. The van der Waals surface area contributed by atoms with Crippen molar-refractivity contribution >= 4 is 11.3 Å². The molecule has 0 saturated carbocycles. The van der Waals surface area contributed by atoms with Crippen molar-refractivity contribution < 1.29 is 0 Å². The summed E-state index contributed by atoms with van der Waals surface area (Å²) in [7, 11) is 2.02. The van der Waals surface area contributed by atoms with Gasteiger partial charge in [0.25, 0.3) is 0 Å². The predicted molar refractivity (Wildman–Crippen MR) is 92.4 cm³/mol. The molecule has 0 aliphatic heterocycles. The number of thiazole rings is 1. The summed E-state index contributed by atoms with van der Waals surface area (Å²) in [4.78, 5) is 4.84. The molecule has 1 aromatic carbocycles. The largest absolute Gasteiger partial charge is 0.319 e. The van der Waals surface area contributed by atoms with Crippen LogP contribution in [0.5, 0.6) is 0 Å². The van der Waals surface area contributed by atoms with Crippen LogP contribution in [0, 0.1) is 6.92 Å². The first kappa shape index (κ1) is 16.2. The summed E-state index contributed by atoms with van der Waals surface area (Å²) in [5, 5.41) is 6.77. The molecule has 0 fully saturated rings. The number of hydrogen-bond donors (Lipinski definition) is 1. The van der Waals surface area contributed by atoms with Gasteiger partial charge in [-0.05, 0) is 19.5 Å². The van der Waals surface area contributed by atoms with Gasteiger partial charge >= 0.3 is 0 Å². The van der Waals surface area contributed by atoms with E-state index in [1.807, 2.05) is 7.05 Å². The molecule has 0 aliphatic rings. The van der Waals surface area contributed by atoms with Gasteiger partial charge in [0.05, 0.1) is 10.7 Å². The lowest BCUT2D eigenvalue weighted by Crippen LogP contribution is -2.19. The fourth-order valence-corrected chi connectivity index (χ4v) is 3.54. The maximum atomic E-state index is 4.84. The standard InChI is InChI=1S/C18H26N2S/c1-13-7-6-8-14(9-13)15(11-19-5)10-17-20-16(12-21-17)18(2,3)4/h6-9,12,15,19H,10-11H2,1-5H3. The van der Waals surface area contributed by atoms with E-state index in [9.17, 15) is 0 Å². The zero-order valence-electron chi connectivity index (χ0n) is 13.7. The maximum absolute atomic E-state index is 4.84. The van der Waals surface area contributed by atoms with Gasteiger partial charge in [-0.3, -0.25) is 0 Å². The number of likely N-dealkylation sites (N-methyl/N-ethyl adjacent to an activating group) is 1. The molecule has 2 rings (SSSR count). The van der Waals surface area contributed by atoms with Gasteiger partial charge < -0.3 is 5.32 Å². The first-order chi connectivity index (χ1) is 9.90. The summed E-state index contributed by atoms with van der Waals surface area (Å²) >= 11 is 1.79. The van der Waals surface area contributed by atoms with Crippen LogP contribution in [0.15, 0.2) is 29.6 Å². The molecule has 2 aromatic rings. The SMILES string of the molecule is CNCC(Cc1nc(C(C)(C)C)cs1)c1cccc(C)c1. The smallest absolute Gasteiger partial charge is 0.0935 e. The van der Waals surface area contributed by atoms with Crippen molar-refractivity contribution in [3.63, 3.8) is 0 Å². The topological polar surface area (TPSA) is 24.9 Å². The zero-order valence-corrected chi connectivity index (χ0v) is 14.6. The molecule has 1 unspecified atom stereocenters. The fraction of sp³-hybridized carbons (Fsp3) is 0.500. The quantitative estimate of drug-likeness (QED) is 0.891. The Kier molecular flexibility index (Phi) is 5.17. The van der Waals surface area contributed by atoms with Gasteiger partial charge in [-0.25, -0.2) is 4.98 Å². The Balaban J connectivity index is 2.18. The first-order valence-corrected chi connectivity index (χ1v) is 8.44. The summed E-state index contributed by atoms with van der Waals surface area (Å²) in [5.74, 6) is 0.480. The van der Waals surface area contributed by atoms with Crippen LogP contribution in [0.1, 0.15) is 48.5 Å². The minimum atomic E-state index is 0.136. The maximum Gasteiger partial charge on any atom is 0.0935 e. The van der Waals surface area contributed by atoms with E-state index in [4.69, 9.17) is 4.98 Å². The van der Waals surface area contributed by atoms with E-state index in [1.54, 1.807) is 11.3 Å². The molecule has 0 aliphatic carbocycles. The van der Waals surface area contributed by atoms with E-state index < -0.39 is 0 Å². The summed E-state index contributed by atoms with van der Waals surface area (Å²) in [6, 6.07) is 8.82. The normalized spacial score (nSPS) is 13.4. The lowest BCUT2D eigenvalue weighted by molar-refractivity contribution is 0.566. The molecule has 0 saturated heterocycles. The van der Waals surface area contributed by atoms with Gasteiger partial charge in [-0.2, -0.15) is 0 Å². The van der Waals surface area contributed by atoms with E-state index in [2.05, 4.69) is 62.7 Å². The zero-order chi connectivity index (χ0) is 15.5. The Hall–Kier alpha value is -1.19. The highest BCUT2D eigenvalue weighted by Crippen LogP contribution is 2.27. The van der Waals surface area contributed by atoms with Crippen LogP contribution in [-0.4, -0.2) is 18.6 Å². The van der Waals surface area contributed by atoms with Crippen molar-refractivity contribution in [1.29, 1.82) is 0 Å². The van der Waals surface area contributed by atoms with Crippen LogP contribution in [0.25, 0.3) is 0 Å². The number of nitrogens with zero attached hydrogens (tertiary/aromatic N) is 1. The predicted octanol–water partition coefficient (Wildman–Crippen LogP) is 4.29. The van der Waals surface area contributed by atoms with Gasteiger partial charge in [0.1, 0.15) is 0 Å². The van der Waals surface area contributed by atoms with Crippen LogP contribution in [0.3, 0.4) is 0 Å². The third-order valence-electron chi connectivity index (χ3n) is 3.71. The lowest BCUT2D eigenvalue weighted by atomic mass is 9.93. The number of rotatable bonds is 5. The van der Waals surface area contributed by atoms with Crippen molar-refractivity contribution in [1.82, 2.24) is 10.3 Å².